The number of halogens is 1. The molecule has 1 aromatic carbocycles. The first-order valence-electron chi connectivity index (χ1n) is 9.90. The van der Waals surface area contributed by atoms with Gasteiger partial charge in [-0.3, -0.25) is 13.8 Å². The van der Waals surface area contributed by atoms with Gasteiger partial charge in [0.25, 0.3) is 5.56 Å². The van der Waals surface area contributed by atoms with Crippen molar-refractivity contribution in [1.29, 1.82) is 0 Å². The highest BCUT2D eigenvalue weighted by Crippen LogP contribution is 2.28. The van der Waals surface area contributed by atoms with Crippen LogP contribution in [0.5, 0.6) is 0 Å². The summed E-state index contributed by atoms with van der Waals surface area (Å²) in [6.07, 6.45) is 3.43. The minimum absolute atomic E-state index is 0.104. The Kier molecular flexibility index (Phi) is 5.55. The summed E-state index contributed by atoms with van der Waals surface area (Å²) in [6.45, 7) is 2.42. The van der Waals surface area contributed by atoms with Crippen LogP contribution in [0.15, 0.2) is 81.4 Å². The van der Waals surface area contributed by atoms with E-state index in [1.54, 1.807) is 22.9 Å². The fourth-order valence-electron chi connectivity index (χ4n) is 3.38. The average molecular weight is 464 g/mol. The van der Waals surface area contributed by atoms with E-state index in [1.165, 1.54) is 11.8 Å². The molecular weight excluding hydrogens is 446 g/mol. The van der Waals surface area contributed by atoms with Gasteiger partial charge in [-0.15, -0.1) is 10.2 Å². The molecule has 9 heteroatoms. The van der Waals surface area contributed by atoms with Crippen molar-refractivity contribution >= 4 is 29.0 Å². The molecule has 0 aliphatic rings. The maximum atomic E-state index is 12.5. The predicted molar refractivity (Wildman–Crippen MR) is 124 cm³/mol. The first-order chi connectivity index (χ1) is 15.6. The Balaban J connectivity index is 1.47. The number of rotatable bonds is 6. The van der Waals surface area contributed by atoms with Gasteiger partial charge in [0.15, 0.2) is 11.0 Å². The third-order valence-electron chi connectivity index (χ3n) is 4.92. The smallest absolute Gasteiger partial charge is 0.258 e. The van der Waals surface area contributed by atoms with Crippen LogP contribution in [0, 0.1) is 6.92 Å². The summed E-state index contributed by atoms with van der Waals surface area (Å²) in [5.41, 5.74) is 3.11. The first kappa shape index (κ1) is 20.5. The summed E-state index contributed by atoms with van der Waals surface area (Å²) in [4.78, 5) is 17.1. The van der Waals surface area contributed by atoms with Gasteiger partial charge in [0.05, 0.1) is 18.5 Å². The summed E-state index contributed by atoms with van der Waals surface area (Å²) in [5, 5.41) is 10.2. The maximum Gasteiger partial charge on any atom is 0.258 e. The zero-order chi connectivity index (χ0) is 22.1. The second-order valence-corrected chi connectivity index (χ2v) is 8.67. The number of furan rings is 1. The van der Waals surface area contributed by atoms with E-state index in [1.807, 2.05) is 60.0 Å². The number of hydrogen-bond donors (Lipinski definition) is 0. The van der Waals surface area contributed by atoms with Crippen LogP contribution in [-0.2, 0) is 12.3 Å². The van der Waals surface area contributed by atoms with Crippen molar-refractivity contribution in [2.75, 3.05) is 0 Å². The van der Waals surface area contributed by atoms with E-state index in [0.29, 0.717) is 39.6 Å². The van der Waals surface area contributed by atoms with Crippen LogP contribution in [0.2, 0.25) is 5.02 Å². The van der Waals surface area contributed by atoms with Crippen molar-refractivity contribution in [3.63, 3.8) is 0 Å². The van der Waals surface area contributed by atoms with Gasteiger partial charge >= 0.3 is 0 Å². The van der Waals surface area contributed by atoms with E-state index < -0.39 is 0 Å². The third-order valence-corrected chi connectivity index (χ3v) is 6.18. The SMILES string of the molecule is Cc1ccc2nc(CSc3nnc(-c4ccc(Cl)cc4)n3Cc3ccco3)cc(=O)n2c1. The second kappa shape index (κ2) is 8.64. The van der Waals surface area contributed by atoms with E-state index in [0.717, 1.165) is 16.9 Å². The van der Waals surface area contributed by atoms with Crippen LogP contribution < -0.4 is 5.56 Å². The fraction of sp³-hybridized carbons (Fsp3) is 0.130. The number of aryl methyl sites for hydroxylation is 1. The number of thioether (sulfide) groups is 1. The van der Waals surface area contributed by atoms with Gasteiger partial charge in [-0.2, -0.15) is 0 Å². The normalized spacial score (nSPS) is 11.3. The molecule has 0 aliphatic carbocycles. The Hall–Kier alpha value is -3.36. The molecule has 5 rings (SSSR count). The summed E-state index contributed by atoms with van der Waals surface area (Å²) in [7, 11) is 0. The van der Waals surface area contributed by atoms with E-state index in [9.17, 15) is 4.79 Å². The molecule has 0 N–H and O–H groups in total. The van der Waals surface area contributed by atoms with Crippen molar-refractivity contribution in [3.05, 3.63) is 99.5 Å². The highest BCUT2D eigenvalue weighted by atomic mass is 35.5. The zero-order valence-electron chi connectivity index (χ0n) is 17.1. The molecule has 5 aromatic rings. The molecule has 7 nitrogen and oxygen atoms in total. The Morgan fingerprint density at radius 1 is 1.09 bits per heavy atom. The minimum Gasteiger partial charge on any atom is -0.467 e. The summed E-state index contributed by atoms with van der Waals surface area (Å²) < 4.78 is 9.09. The lowest BCUT2D eigenvalue weighted by Gasteiger charge is -2.09. The minimum atomic E-state index is -0.104. The number of benzene rings is 1. The fourth-order valence-corrected chi connectivity index (χ4v) is 4.34. The standard InChI is InChI=1S/C23H18ClN5O2S/c1-15-4-9-20-25-18(11-21(30)28(20)12-15)14-32-23-27-26-22(16-5-7-17(24)8-6-16)29(23)13-19-3-2-10-31-19/h2-12H,13-14H2,1H3. The van der Waals surface area contributed by atoms with Crippen molar-refractivity contribution < 1.29 is 4.42 Å². The topological polar surface area (TPSA) is 78.2 Å². The summed E-state index contributed by atoms with van der Waals surface area (Å²) in [6, 6.07) is 16.6. The van der Waals surface area contributed by atoms with Gasteiger partial charge < -0.3 is 4.42 Å². The summed E-state index contributed by atoms with van der Waals surface area (Å²) in [5.74, 6) is 1.98. The van der Waals surface area contributed by atoms with Crippen molar-refractivity contribution in [2.45, 2.75) is 24.4 Å². The zero-order valence-corrected chi connectivity index (χ0v) is 18.7. The maximum absolute atomic E-state index is 12.5. The molecule has 0 saturated heterocycles. The molecule has 4 heterocycles. The number of nitrogens with zero attached hydrogens (tertiary/aromatic N) is 5. The molecule has 0 aliphatic heterocycles. The van der Waals surface area contributed by atoms with Crippen LogP contribution in [0.25, 0.3) is 17.0 Å². The van der Waals surface area contributed by atoms with Gasteiger partial charge in [0.1, 0.15) is 11.4 Å². The molecular formula is C23H18ClN5O2S. The Bertz CT molecular complexity index is 1440. The largest absolute Gasteiger partial charge is 0.467 e. The molecule has 0 amide bonds. The molecule has 160 valence electrons. The van der Waals surface area contributed by atoms with Crippen LogP contribution in [0.3, 0.4) is 0 Å². The van der Waals surface area contributed by atoms with Gasteiger partial charge in [0, 0.05) is 28.6 Å². The molecule has 32 heavy (non-hydrogen) atoms. The monoisotopic (exact) mass is 463 g/mol. The highest BCUT2D eigenvalue weighted by Gasteiger charge is 2.16. The lowest BCUT2D eigenvalue weighted by Crippen LogP contribution is -2.15. The van der Waals surface area contributed by atoms with Gasteiger partial charge in [0.2, 0.25) is 0 Å². The molecule has 0 atom stereocenters. The molecule has 0 spiro atoms. The number of fused-ring (bicyclic) bond motifs is 1. The van der Waals surface area contributed by atoms with Gasteiger partial charge in [-0.05, 0) is 55.0 Å². The average Bonchev–Trinajstić information content (AvgIpc) is 3.44. The Morgan fingerprint density at radius 2 is 1.94 bits per heavy atom. The second-order valence-electron chi connectivity index (χ2n) is 7.29. The first-order valence-corrected chi connectivity index (χ1v) is 11.3. The van der Waals surface area contributed by atoms with Gasteiger partial charge in [-0.1, -0.05) is 29.4 Å². The van der Waals surface area contributed by atoms with E-state index in [-0.39, 0.29) is 5.56 Å². The number of hydrogen-bond acceptors (Lipinski definition) is 6. The van der Waals surface area contributed by atoms with Crippen molar-refractivity contribution in [1.82, 2.24) is 24.1 Å². The Morgan fingerprint density at radius 3 is 2.72 bits per heavy atom. The Labute approximate surface area is 192 Å². The summed E-state index contributed by atoms with van der Waals surface area (Å²) >= 11 is 7.52. The van der Waals surface area contributed by atoms with E-state index >= 15 is 0 Å². The molecule has 0 saturated carbocycles. The quantitative estimate of drug-likeness (QED) is 0.335. The molecule has 4 aromatic heterocycles. The van der Waals surface area contributed by atoms with Gasteiger partial charge in [-0.25, -0.2) is 4.98 Å². The number of aromatic nitrogens is 5. The van der Waals surface area contributed by atoms with Crippen molar-refractivity contribution in [2.24, 2.45) is 0 Å². The molecule has 0 radical (unpaired) electrons. The van der Waals surface area contributed by atoms with E-state index in [2.05, 4.69) is 15.2 Å². The lowest BCUT2D eigenvalue weighted by atomic mass is 10.2. The lowest BCUT2D eigenvalue weighted by molar-refractivity contribution is 0.485. The van der Waals surface area contributed by atoms with Crippen LogP contribution in [-0.4, -0.2) is 24.1 Å². The highest BCUT2D eigenvalue weighted by molar-refractivity contribution is 7.98. The molecule has 0 bridgehead atoms. The van der Waals surface area contributed by atoms with Crippen LogP contribution in [0.1, 0.15) is 17.0 Å². The van der Waals surface area contributed by atoms with Crippen molar-refractivity contribution in [3.8, 4) is 11.4 Å². The van der Waals surface area contributed by atoms with Crippen LogP contribution in [0.4, 0.5) is 0 Å². The third kappa shape index (κ3) is 4.19. The molecule has 0 fully saturated rings. The number of pyridine rings is 1. The van der Waals surface area contributed by atoms with E-state index in [4.69, 9.17) is 16.0 Å². The predicted octanol–water partition coefficient (Wildman–Crippen LogP) is 4.85. The van der Waals surface area contributed by atoms with Crippen LogP contribution >= 0.6 is 23.4 Å². The molecule has 0 unspecified atom stereocenters.